The Morgan fingerprint density at radius 2 is 1.95 bits per heavy atom. The second-order valence-corrected chi connectivity index (χ2v) is 4.70. The van der Waals surface area contributed by atoms with Gasteiger partial charge in [0.05, 0.1) is 4.92 Å². The van der Waals surface area contributed by atoms with E-state index in [-0.39, 0.29) is 6.54 Å². The van der Waals surface area contributed by atoms with E-state index in [9.17, 15) is 14.5 Å². The highest BCUT2D eigenvalue weighted by Gasteiger charge is 2.18. The zero-order chi connectivity index (χ0) is 14.7. The van der Waals surface area contributed by atoms with Gasteiger partial charge in [-0.2, -0.15) is 4.39 Å². The van der Waals surface area contributed by atoms with Crippen LogP contribution in [0.4, 0.5) is 15.8 Å². The van der Waals surface area contributed by atoms with E-state index < -0.39 is 16.4 Å². The minimum atomic E-state index is -0.767. The number of anilines is 1. The fraction of sp³-hybridized carbons (Fsp3) is 0.200. The van der Waals surface area contributed by atoms with E-state index in [2.05, 4.69) is 0 Å². The van der Waals surface area contributed by atoms with Gasteiger partial charge in [0.15, 0.2) is 0 Å². The van der Waals surface area contributed by atoms with Gasteiger partial charge in [-0.25, -0.2) is 0 Å². The first-order valence-corrected chi connectivity index (χ1v) is 6.18. The fourth-order valence-electron chi connectivity index (χ4n) is 2.04. The Morgan fingerprint density at radius 3 is 2.60 bits per heavy atom. The molecule has 0 bridgehead atoms. The second kappa shape index (κ2) is 5.69. The number of nitro benzene ring substituents is 1. The molecular formula is C15H15FN2O2. The zero-order valence-electron chi connectivity index (χ0n) is 11.3. The van der Waals surface area contributed by atoms with Gasteiger partial charge in [-0.15, -0.1) is 0 Å². The lowest BCUT2D eigenvalue weighted by atomic mass is 10.1. The lowest BCUT2D eigenvalue weighted by Crippen LogP contribution is -2.17. The van der Waals surface area contributed by atoms with Gasteiger partial charge < -0.3 is 4.90 Å². The summed E-state index contributed by atoms with van der Waals surface area (Å²) in [7, 11) is 1.83. The molecule has 0 N–H and O–H groups in total. The third-order valence-electron chi connectivity index (χ3n) is 3.10. The molecule has 0 aliphatic carbocycles. The number of benzene rings is 2. The molecule has 0 amide bonds. The van der Waals surface area contributed by atoms with Gasteiger partial charge in [0, 0.05) is 30.9 Å². The summed E-state index contributed by atoms with van der Waals surface area (Å²) in [4.78, 5) is 11.9. The first kappa shape index (κ1) is 14.0. The largest absolute Gasteiger partial charge is 0.370 e. The number of nitrogens with zero attached hydrogens (tertiary/aromatic N) is 2. The second-order valence-electron chi connectivity index (χ2n) is 4.70. The van der Waals surface area contributed by atoms with Crippen molar-refractivity contribution in [3.63, 3.8) is 0 Å². The zero-order valence-corrected chi connectivity index (χ0v) is 11.3. The summed E-state index contributed by atoms with van der Waals surface area (Å²) in [5.41, 5.74) is 1.87. The minimum Gasteiger partial charge on any atom is -0.370 e. The van der Waals surface area contributed by atoms with Gasteiger partial charge in [-0.1, -0.05) is 24.3 Å². The first-order chi connectivity index (χ1) is 9.49. The highest BCUT2D eigenvalue weighted by atomic mass is 19.1. The normalized spacial score (nSPS) is 10.3. The molecule has 0 radical (unpaired) electrons. The summed E-state index contributed by atoms with van der Waals surface area (Å²) in [5.74, 6) is -0.767. The number of aryl methyl sites for hydroxylation is 1. The summed E-state index contributed by atoms with van der Waals surface area (Å²) in [6, 6.07) is 12.0. The van der Waals surface area contributed by atoms with Crippen LogP contribution in [0, 0.1) is 22.9 Å². The predicted molar refractivity (Wildman–Crippen MR) is 76.3 cm³/mol. The summed E-state index contributed by atoms with van der Waals surface area (Å²) in [5, 5.41) is 10.7. The molecule has 0 aromatic heterocycles. The highest BCUT2D eigenvalue weighted by molar-refractivity contribution is 5.49. The van der Waals surface area contributed by atoms with Crippen molar-refractivity contribution in [2.75, 3.05) is 11.9 Å². The van der Waals surface area contributed by atoms with Gasteiger partial charge in [-0.3, -0.25) is 10.1 Å². The van der Waals surface area contributed by atoms with Gasteiger partial charge in [0.25, 0.3) is 0 Å². The van der Waals surface area contributed by atoms with Crippen LogP contribution < -0.4 is 4.90 Å². The minimum absolute atomic E-state index is 0.275. The first-order valence-electron chi connectivity index (χ1n) is 6.18. The number of hydrogen-bond acceptors (Lipinski definition) is 3. The molecule has 0 aliphatic rings. The van der Waals surface area contributed by atoms with Gasteiger partial charge >= 0.3 is 5.69 Å². The van der Waals surface area contributed by atoms with Crippen LogP contribution in [0.3, 0.4) is 0 Å². The van der Waals surface area contributed by atoms with Crippen molar-refractivity contribution >= 4 is 11.4 Å². The van der Waals surface area contributed by atoms with Crippen molar-refractivity contribution in [1.29, 1.82) is 0 Å². The van der Waals surface area contributed by atoms with Gasteiger partial charge in [-0.05, 0) is 24.6 Å². The maximum Gasteiger partial charge on any atom is 0.305 e. The number of hydrogen-bond donors (Lipinski definition) is 0. The Morgan fingerprint density at radius 1 is 1.25 bits per heavy atom. The van der Waals surface area contributed by atoms with Crippen molar-refractivity contribution in [2.24, 2.45) is 0 Å². The average molecular weight is 274 g/mol. The van der Waals surface area contributed by atoms with E-state index in [1.54, 1.807) is 6.07 Å². The molecule has 2 aromatic rings. The van der Waals surface area contributed by atoms with Crippen LogP contribution in [-0.4, -0.2) is 12.0 Å². The fourth-order valence-corrected chi connectivity index (χ4v) is 2.04. The molecule has 2 aromatic carbocycles. The van der Waals surface area contributed by atoms with E-state index in [1.807, 2.05) is 43.1 Å². The summed E-state index contributed by atoms with van der Waals surface area (Å²) < 4.78 is 14.0. The molecule has 0 saturated carbocycles. The smallest absolute Gasteiger partial charge is 0.305 e. The molecule has 0 atom stereocenters. The van der Waals surface area contributed by atoms with Crippen molar-refractivity contribution in [2.45, 2.75) is 13.5 Å². The molecule has 0 spiro atoms. The van der Waals surface area contributed by atoms with Crippen LogP contribution in [-0.2, 0) is 6.54 Å². The lowest BCUT2D eigenvalue weighted by Gasteiger charge is -2.20. The molecule has 0 aliphatic heterocycles. The summed E-state index contributed by atoms with van der Waals surface area (Å²) in [6.45, 7) is 2.25. The number of halogens is 1. The van der Waals surface area contributed by atoms with Crippen LogP contribution in [0.15, 0.2) is 42.5 Å². The molecule has 4 nitrogen and oxygen atoms in total. The molecule has 0 fully saturated rings. The molecular weight excluding hydrogens is 259 g/mol. The molecule has 2 rings (SSSR count). The Bertz CT molecular complexity index is 644. The van der Waals surface area contributed by atoms with Crippen LogP contribution in [0.2, 0.25) is 0 Å². The quantitative estimate of drug-likeness (QED) is 0.631. The van der Waals surface area contributed by atoms with Gasteiger partial charge in [0.1, 0.15) is 0 Å². The molecule has 5 heteroatoms. The summed E-state index contributed by atoms with van der Waals surface area (Å²) >= 11 is 0. The van der Waals surface area contributed by atoms with E-state index in [4.69, 9.17) is 0 Å². The monoisotopic (exact) mass is 274 g/mol. The van der Waals surface area contributed by atoms with Gasteiger partial charge in [0.2, 0.25) is 5.82 Å². The molecule has 0 saturated heterocycles. The van der Waals surface area contributed by atoms with Crippen molar-refractivity contribution in [1.82, 2.24) is 0 Å². The SMILES string of the molecule is Cc1cccc(N(C)Cc2cccc([N+](=O)[O-])c2F)c1. The molecule has 0 unspecified atom stereocenters. The lowest BCUT2D eigenvalue weighted by molar-refractivity contribution is -0.387. The number of nitro groups is 1. The average Bonchev–Trinajstić information content (AvgIpc) is 2.40. The Hall–Kier alpha value is -2.43. The van der Waals surface area contributed by atoms with E-state index >= 15 is 0 Å². The maximum absolute atomic E-state index is 14.0. The van der Waals surface area contributed by atoms with Crippen molar-refractivity contribution in [3.8, 4) is 0 Å². The Balaban J connectivity index is 2.26. The molecule has 20 heavy (non-hydrogen) atoms. The summed E-state index contributed by atoms with van der Waals surface area (Å²) in [6.07, 6.45) is 0. The Kier molecular flexibility index (Phi) is 3.98. The van der Waals surface area contributed by atoms with Crippen LogP contribution >= 0.6 is 0 Å². The van der Waals surface area contributed by atoms with E-state index in [1.165, 1.54) is 12.1 Å². The molecule has 104 valence electrons. The van der Waals surface area contributed by atoms with Crippen LogP contribution in [0.5, 0.6) is 0 Å². The topological polar surface area (TPSA) is 46.4 Å². The maximum atomic E-state index is 14.0. The third kappa shape index (κ3) is 2.93. The van der Waals surface area contributed by atoms with E-state index in [0.29, 0.717) is 5.56 Å². The van der Waals surface area contributed by atoms with Crippen LogP contribution in [0.1, 0.15) is 11.1 Å². The number of rotatable bonds is 4. The predicted octanol–water partition coefficient (Wildman–Crippen LogP) is 3.68. The van der Waals surface area contributed by atoms with Crippen molar-refractivity contribution < 1.29 is 9.31 Å². The third-order valence-corrected chi connectivity index (χ3v) is 3.10. The molecule has 0 heterocycles. The highest BCUT2D eigenvalue weighted by Crippen LogP contribution is 2.23. The standard InChI is InChI=1S/C15H15FN2O2/c1-11-5-3-7-13(9-11)17(2)10-12-6-4-8-14(15(12)16)18(19)20/h3-9H,10H2,1-2H3. The van der Waals surface area contributed by atoms with Crippen LogP contribution in [0.25, 0.3) is 0 Å². The Labute approximate surface area is 116 Å². The van der Waals surface area contributed by atoms with Crippen molar-refractivity contribution in [3.05, 3.63) is 69.5 Å². The van der Waals surface area contributed by atoms with E-state index in [0.717, 1.165) is 11.3 Å².